The Bertz CT molecular complexity index is 779. The van der Waals surface area contributed by atoms with E-state index in [9.17, 15) is 13.2 Å². The third-order valence-corrected chi connectivity index (χ3v) is 5.76. The molecule has 0 amide bonds. The van der Waals surface area contributed by atoms with Gasteiger partial charge >= 0.3 is 5.97 Å². The Morgan fingerprint density at radius 3 is 2.90 bits per heavy atom. The van der Waals surface area contributed by atoms with Gasteiger partial charge in [-0.3, -0.25) is 0 Å². The molecule has 1 unspecified atom stereocenters. The molecule has 2 aromatic heterocycles. The zero-order valence-corrected chi connectivity index (χ0v) is 11.8. The minimum absolute atomic E-state index is 0.198. The van der Waals surface area contributed by atoms with E-state index in [4.69, 9.17) is 0 Å². The van der Waals surface area contributed by atoms with Crippen LogP contribution in [0.3, 0.4) is 0 Å². The summed E-state index contributed by atoms with van der Waals surface area (Å²) in [5.74, 6) is 0.215. The number of carbonyl (C=O) groups is 1. The maximum Gasteiger partial charge on any atom is 0.339 e. The van der Waals surface area contributed by atoms with E-state index in [0.29, 0.717) is 24.2 Å². The van der Waals surface area contributed by atoms with Crippen LogP contribution in [0.15, 0.2) is 24.5 Å². The van der Waals surface area contributed by atoms with Crippen molar-refractivity contribution in [1.29, 1.82) is 0 Å². The summed E-state index contributed by atoms with van der Waals surface area (Å²) < 4.78 is 30.4. The van der Waals surface area contributed by atoms with E-state index in [1.54, 1.807) is 28.9 Å². The summed E-state index contributed by atoms with van der Waals surface area (Å²) in [5.41, 5.74) is 1.13. The van der Waals surface area contributed by atoms with Gasteiger partial charge in [0, 0.05) is 6.20 Å². The number of nitrogens with zero attached hydrogens (tertiary/aromatic N) is 2. The number of hydrogen-bond donors (Lipinski definition) is 0. The minimum Gasteiger partial charge on any atom is -0.465 e. The first-order chi connectivity index (χ1) is 9.53. The van der Waals surface area contributed by atoms with E-state index in [1.807, 2.05) is 0 Å². The van der Waals surface area contributed by atoms with E-state index in [2.05, 4.69) is 9.72 Å². The topological polar surface area (TPSA) is 77.7 Å². The third kappa shape index (κ3) is 1.98. The lowest BCUT2D eigenvalue weighted by atomic mass is 10.2. The van der Waals surface area contributed by atoms with Crippen LogP contribution in [-0.4, -0.2) is 36.6 Å². The van der Waals surface area contributed by atoms with Gasteiger partial charge in [0.15, 0.2) is 9.84 Å². The molecule has 0 bridgehead atoms. The first-order valence-electron chi connectivity index (χ1n) is 6.30. The molecular weight excluding hydrogens is 280 g/mol. The standard InChI is InChI=1S/C13H14N2O4S/c1-19-13(16)9-4-5-10-7-14-12(15(10)8-9)11-3-2-6-20(11,17)18/h4-5,7-8,11H,2-3,6H2,1H3. The fraction of sp³-hybridized carbons (Fsp3) is 0.385. The molecule has 0 radical (unpaired) electrons. The monoisotopic (exact) mass is 294 g/mol. The molecule has 1 aliphatic heterocycles. The van der Waals surface area contributed by atoms with Gasteiger partial charge in [-0.1, -0.05) is 0 Å². The van der Waals surface area contributed by atoms with Crippen LogP contribution in [0.4, 0.5) is 0 Å². The predicted molar refractivity (Wildman–Crippen MR) is 72.3 cm³/mol. The van der Waals surface area contributed by atoms with Gasteiger partial charge in [0.1, 0.15) is 11.1 Å². The summed E-state index contributed by atoms with van der Waals surface area (Å²) in [4.78, 5) is 15.8. The highest BCUT2D eigenvalue weighted by atomic mass is 32.2. The average Bonchev–Trinajstić information content (AvgIpc) is 2.99. The lowest BCUT2D eigenvalue weighted by Crippen LogP contribution is -2.12. The Morgan fingerprint density at radius 2 is 2.25 bits per heavy atom. The number of esters is 1. The second kappa shape index (κ2) is 4.59. The summed E-state index contributed by atoms with van der Waals surface area (Å²) in [7, 11) is -1.83. The van der Waals surface area contributed by atoms with Crippen LogP contribution in [0, 0.1) is 0 Å². The zero-order valence-electron chi connectivity index (χ0n) is 10.9. The van der Waals surface area contributed by atoms with Crippen molar-refractivity contribution in [3.05, 3.63) is 35.9 Å². The number of ether oxygens (including phenoxy) is 1. The lowest BCUT2D eigenvalue weighted by Gasteiger charge is -2.09. The van der Waals surface area contributed by atoms with Gasteiger partial charge in [0.25, 0.3) is 0 Å². The molecule has 0 aliphatic carbocycles. The fourth-order valence-corrected chi connectivity index (χ4v) is 4.44. The number of aromatic nitrogens is 2. The highest BCUT2D eigenvalue weighted by Crippen LogP contribution is 2.34. The molecule has 2 aromatic rings. The number of pyridine rings is 1. The van der Waals surface area contributed by atoms with Gasteiger partial charge < -0.3 is 9.14 Å². The Labute approximate surface area is 116 Å². The van der Waals surface area contributed by atoms with Crippen molar-refractivity contribution >= 4 is 21.3 Å². The van der Waals surface area contributed by atoms with Gasteiger partial charge in [-0.05, 0) is 25.0 Å². The largest absolute Gasteiger partial charge is 0.465 e. The number of sulfone groups is 1. The van der Waals surface area contributed by atoms with Crippen LogP contribution < -0.4 is 0 Å². The van der Waals surface area contributed by atoms with Crippen molar-refractivity contribution in [1.82, 2.24) is 9.38 Å². The molecule has 1 fully saturated rings. The highest BCUT2D eigenvalue weighted by Gasteiger charge is 2.35. The van der Waals surface area contributed by atoms with Crippen LogP contribution in [0.2, 0.25) is 0 Å². The Balaban J connectivity index is 2.15. The summed E-state index contributed by atoms with van der Waals surface area (Å²) >= 11 is 0. The normalized spacial score (nSPS) is 21.1. The van der Waals surface area contributed by atoms with Gasteiger partial charge in [-0.15, -0.1) is 0 Å². The fourth-order valence-electron chi connectivity index (χ4n) is 2.57. The van der Waals surface area contributed by atoms with Crippen molar-refractivity contribution in [3.8, 4) is 0 Å². The van der Waals surface area contributed by atoms with Crippen molar-refractivity contribution in [2.24, 2.45) is 0 Å². The van der Waals surface area contributed by atoms with E-state index in [0.717, 1.165) is 5.52 Å². The van der Waals surface area contributed by atoms with E-state index in [1.165, 1.54) is 7.11 Å². The molecule has 106 valence electrons. The molecule has 20 heavy (non-hydrogen) atoms. The lowest BCUT2D eigenvalue weighted by molar-refractivity contribution is 0.0600. The second-order valence-corrected chi connectivity index (χ2v) is 7.12. The minimum atomic E-state index is -3.14. The van der Waals surface area contributed by atoms with Crippen LogP contribution in [-0.2, 0) is 14.6 Å². The van der Waals surface area contributed by atoms with Crippen molar-refractivity contribution < 1.29 is 17.9 Å². The Morgan fingerprint density at radius 1 is 1.45 bits per heavy atom. The summed E-state index contributed by atoms with van der Waals surface area (Å²) in [6.45, 7) is 0. The number of carbonyl (C=O) groups excluding carboxylic acids is 1. The number of hydrogen-bond acceptors (Lipinski definition) is 5. The zero-order chi connectivity index (χ0) is 14.3. The van der Waals surface area contributed by atoms with E-state index < -0.39 is 21.1 Å². The molecule has 3 rings (SSSR count). The van der Waals surface area contributed by atoms with E-state index in [-0.39, 0.29) is 5.75 Å². The predicted octanol–water partition coefficient (Wildman–Crippen LogP) is 1.37. The van der Waals surface area contributed by atoms with Crippen molar-refractivity contribution in [2.45, 2.75) is 18.1 Å². The smallest absolute Gasteiger partial charge is 0.339 e. The quantitative estimate of drug-likeness (QED) is 0.782. The molecule has 1 aliphatic rings. The highest BCUT2D eigenvalue weighted by molar-refractivity contribution is 7.91. The number of fused-ring (bicyclic) bond motifs is 1. The van der Waals surface area contributed by atoms with E-state index >= 15 is 0 Å². The first kappa shape index (κ1) is 13.1. The molecule has 1 saturated heterocycles. The van der Waals surface area contributed by atoms with Crippen LogP contribution in [0.1, 0.15) is 34.3 Å². The molecular formula is C13H14N2O4S. The molecule has 0 saturated carbocycles. The summed E-state index contributed by atoms with van der Waals surface area (Å²) in [5, 5.41) is -0.585. The van der Waals surface area contributed by atoms with Crippen LogP contribution >= 0.6 is 0 Å². The third-order valence-electron chi connectivity index (χ3n) is 3.59. The summed E-state index contributed by atoms with van der Waals surface area (Å²) in [6, 6.07) is 3.36. The molecule has 6 nitrogen and oxygen atoms in total. The van der Waals surface area contributed by atoms with Crippen LogP contribution in [0.5, 0.6) is 0 Å². The summed E-state index contributed by atoms with van der Waals surface area (Å²) in [6.07, 6.45) is 4.42. The van der Waals surface area contributed by atoms with Gasteiger partial charge in [0.2, 0.25) is 0 Å². The molecule has 3 heterocycles. The first-order valence-corrected chi connectivity index (χ1v) is 8.01. The number of rotatable bonds is 2. The maximum absolute atomic E-state index is 12.0. The van der Waals surface area contributed by atoms with Gasteiger partial charge in [-0.25, -0.2) is 18.2 Å². The van der Waals surface area contributed by atoms with Gasteiger partial charge in [0.05, 0.1) is 30.1 Å². The Hall–Kier alpha value is -1.89. The molecule has 0 N–H and O–H groups in total. The average molecular weight is 294 g/mol. The SMILES string of the molecule is COC(=O)c1ccc2cnc(C3CCCS3(=O)=O)n2c1. The van der Waals surface area contributed by atoms with Crippen molar-refractivity contribution in [3.63, 3.8) is 0 Å². The Kier molecular flexibility index (Phi) is 3.01. The second-order valence-electron chi connectivity index (χ2n) is 4.82. The number of methoxy groups -OCH3 is 1. The molecule has 1 atom stereocenters. The maximum atomic E-state index is 12.0. The van der Waals surface area contributed by atoms with Gasteiger partial charge in [-0.2, -0.15) is 0 Å². The van der Waals surface area contributed by atoms with Crippen LogP contribution in [0.25, 0.3) is 5.52 Å². The van der Waals surface area contributed by atoms with Crippen molar-refractivity contribution in [2.75, 3.05) is 12.9 Å². The molecule has 7 heteroatoms. The molecule has 0 spiro atoms. The number of imidazole rings is 1. The molecule has 0 aromatic carbocycles.